The first-order chi connectivity index (χ1) is 8.45. The van der Waals surface area contributed by atoms with E-state index in [0.717, 1.165) is 19.3 Å². The van der Waals surface area contributed by atoms with E-state index in [2.05, 4.69) is 28.2 Å². The molecule has 1 unspecified atom stereocenters. The summed E-state index contributed by atoms with van der Waals surface area (Å²) in [7, 11) is 0. The van der Waals surface area contributed by atoms with Gasteiger partial charge in [-0.25, -0.2) is 4.39 Å². The Bertz CT molecular complexity index is 437. The van der Waals surface area contributed by atoms with Crippen LogP contribution in [0.15, 0.2) is 16.6 Å². The average Bonchev–Trinajstić information content (AvgIpc) is 2.31. The summed E-state index contributed by atoms with van der Waals surface area (Å²) in [6.07, 6.45) is 3.08. The quantitative estimate of drug-likeness (QED) is 0.817. The molecule has 0 aliphatic rings. The van der Waals surface area contributed by atoms with E-state index in [1.807, 2.05) is 6.92 Å². The third-order valence-corrected chi connectivity index (χ3v) is 3.36. The van der Waals surface area contributed by atoms with Crippen LogP contribution in [0.2, 0.25) is 0 Å². The molecule has 5 heteroatoms. The standard InChI is InChI=1S/C13H18BrFN2O/c1-3-4-5-8(2)17-13(18)9-6-12(16)11(15)7-10(9)14/h6-8H,3-5,16H2,1-2H3,(H,17,18). The molecule has 0 bridgehead atoms. The number of anilines is 1. The molecule has 1 aromatic rings. The molecule has 0 aliphatic heterocycles. The summed E-state index contributed by atoms with van der Waals surface area (Å²) < 4.78 is 13.6. The second kappa shape index (κ2) is 6.73. The molecule has 0 fully saturated rings. The molecule has 1 amide bonds. The lowest BCUT2D eigenvalue weighted by atomic mass is 10.1. The van der Waals surface area contributed by atoms with E-state index in [4.69, 9.17) is 5.73 Å². The summed E-state index contributed by atoms with van der Waals surface area (Å²) in [6, 6.07) is 2.65. The topological polar surface area (TPSA) is 55.1 Å². The minimum absolute atomic E-state index is 0.0236. The van der Waals surface area contributed by atoms with Crippen LogP contribution in [0, 0.1) is 5.82 Å². The van der Waals surface area contributed by atoms with Crippen molar-refractivity contribution < 1.29 is 9.18 Å². The van der Waals surface area contributed by atoms with E-state index in [0.29, 0.717) is 10.0 Å². The first-order valence-electron chi connectivity index (χ1n) is 6.01. The zero-order chi connectivity index (χ0) is 13.7. The zero-order valence-corrected chi connectivity index (χ0v) is 12.2. The number of carbonyl (C=O) groups is 1. The number of benzene rings is 1. The second-order valence-corrected chi connectivity index (χ2v) is 5.22. The van der Waals surface area contributed by atoms with Crippen LogP contribution in [0.5, 0.6) is 0 Å². The number of carbonyl (C=O) groups excluding carboxylic acids is 1. The van der Waals surface area contributed by atoms with Gasteiger partial charge >= 0.3 is 0 Å². The van der Waals surface area contributed by atoms with Gasteiger partial charge in [-0.05, 0) is 41.4 Å². The van der Waals surface area contributed by atoms with Gasteiger partial charge in [0.25, 0.3) is 5.91 Å². The Morgan fingerprint density at radius 1 is 1.56 bits per heavy atom. The highest BCUT2D eigenvalue weighted by Crippen LogP contribution is 2.22. The molecule has 1 aromatic carbocycles. The van der Waals surface area contributed by atoms with Crippen LogP contribution in [-0.4, -0.2) is 11.9 Å². The normalized spacial score (nSPS) is 12.2. The van der Waals surface area contributed by atoms with E-state index in [9.17, 15) is 9.18 Å². The van der Waals surface area contributed by atoms with Gasteiger partial charge in [0.05, 0.1) is 11.3 Å². The molecule has 18 heavy (non-hydrogen) atoms. The van der Waals surface area contributed by atoms with Crippen LogP contribution in [0.25, 0.3) is 0 Å². The van der Waals surface area contributed by atoms with Gasteiger partial charge in [-0.15, -0.1) is 0 Å². The number of halogens is 2. The van der Waals surface area contributed by atoms with Crippen LogP contribution in [0.3, 0.4) is 0 Å². The van der Waals surface area contributed by atoms with Gasteiger partial charge in [0, 0.05) is 10.5 Å². The molecular formula is C13H18BrFN2O. The Kier molecular flexibility index (Phi) is 5.59. The maximum atomic E-state index is 13.2. The monoisotopic (exact) mass is 316 g/mol. The summed E-state index contributed by atoms with van der Waals surface area (Å²) in [4.78, 5) is 12.0. The van der Waals surface area contributed by atoms with Crippen molar-refractivity contribution in [3.63, 3.8) is 0 Å². The Hall–Kier alpha value is -1.10. The van der Waals surface area contributed by atoms with E-state index >= 15 is 0 Å². The zero-order valence-electron chi connectivity index (χ0n) is 10.6. The SMILES string of the molecule is CCCCC(C)NC(=O)c1cc(N)c(F)cc1Br. The first-order valence-corrected chi connectivity index (χ1v) is 6.80. The number of amides is 1. The van der Waals surface area contributed by atoms with Gasteiger partial charge in [-0.2, -0.15) is 0 Å². The number of nitrogens with two attached hydrogens (primary N) is 1. The van der Waals surface area contributed by atoms with Crippen LogP contribution in [0.1, 0.15) is 43.5 Å². The molecule has 1 rings (SSSR count). The van der Waals surface area contributed by atoms with Crippen molar-refractivity contribution >= 4 is 27.5 Å². The first kappa shape index (κ1) is 15.0. The molecule has 0 saturated carbocycles. The average molecular weight is 317 g/mol. The van der Waals surface area contributed by atoms with E-state index < -0.39 is 5.82 Å². The highest BCUT2D eigenvalue weighted by Gasteiger charge is 2.15. The van der Waals surface area contributed by atoms with Crippen LogP contribution >= 0.6 is 15.9 Å². The number of unbranched alkanes of at least 4 members (excludes halogenated alkanes) is 1. The molecular weight excluding hydrogens is 299 g/mol. The molecule has 0 heterocycles. The van der Waals surface area contributed by atoms with Gasteiger partial charge in [-0.3, -0.25) is 4.79 Å². The predicted octanol–water partition coefficient (Wildman–Crippen LogP) is 3.48. The molecule has 0 radical (unpaired) electrons. The summed E-state index contributed by atoms with van der Waals surface area (Å²) in [5.41, 5.74) is 5.80. The smallest absolute Gasteiger partial charge is 0.252 e. The summed E-state index contributed by atoms with van der Waals surface area (Å²) in [5, 5.41) is 2.87. The van der Waals surface area contributed by atoms with Crippen molar-refractivity contribution in [1.82, 2.24) is 5.32 Å². The van der Waals surface area contributed by atoms with Crippen molar-refractivity contribution in [2.75, 3.05) is 5.73 Å². The van der Waals surface area contributed by atoms with E-state index in [1.165, 1.54) is 12.1 Å². The third-order valence-electron chi connectivity index (χ3n) is 2.70. The van der Waals surface area contributed by atoms with Crippen LogP contribution in [0.4, 0.5) is 10.1 Å². The summed E-state index contributed by atoms with van der Waals surface area (Å²) in [6.45, 7) is 4.06. The molecule has 3 N–H and O–H groups in total. The highest BCUT2D eigenvalue weighted by atomic mass is 79.9. The van der Waals surface area contributed by atoms with E-state index in [-0.39, 0.29) is 17.6 Å². The lowest BCUT2D eigenvalue weighted by molar-refractivity contribution is 0.0937. The maximum absolute atomic E-state index is 13.2. The van der Waals surface area contributed by atoms with Crippen molar-refractivity contribution in [3.8, 4) is 0 Å². The second-order valence-electron chi connectivity index (χ2n) is 4.37. The van der Waals surface area contributed by atoms with Gasteiger partial charge in [0.1, 0.15) is 5.82 Å². The van der Waals surface area contributed by atoms with Crippen molar-refractivity contribution in [1.29, 1.82) is 0 Å². The summed E-state index contributed by atoms with van der Waals surface area (Å²) >= 11 is 3.17. The Labute approximate surface area is 115 Å². The third kappa shape index (κ3) is 3.98. The fourth-order valence-electron chi connectivity index (χ4n) is 1.62. The number of rotatable bonds is 5. The lowest BCUT2D eigenvalue weighted by Gasteiger charge is -2.14. The lowest BCUT2D eigenvalue weighted by Crippen LogP contribution is -2.32. The highest BCUT2D eigenvalue weighted by molar-refractivity contribution is 9.10. The number of nitrogen functional groups attached to an aromatic ring is 1. The predicted molar refractivity (Wildman–Crippen MR) is 75.0 cm³/mol. The number of nitrogens with one attached hydrogen (secondary N) is 1. The minimum Gasteiger partial charge on any atom is -0.396 e. The molecule has 1 atom stereocenters. The molecule has 0 spiro atoms. The van der Waals surface area contributed by atoms with Gasteiger partial charge in [-0.1, -0.05) is 19.8 Å². The Balaban J connectivity index is 2.75. The van der Waals surface area contributed by atoms with Gasteiger partial charge in [0.15, 0.2) is 0 Å². The Morgan fingerprint density at radius 3 is 2.83 bits per heavy atom. The van der Waals surface area contributed by atoms with Crippen molar-refractivity contribution in [2.24, 2.45) is 0 Å². The molecule has 100 valence electrons. The fraction of sp³-hybridized carbons (Fsp3) is 0.462. The molecule has 0 aromatic heterocycles. The van der Waals surface area contributed by atoms with Crippen LogP contribution < -0.4 is 11.1 Å². The van der Waals surface area contributed by atoms with Crippen molar-refractivity contribution in [3.05, 3.63) is 28.0 Å². The summed E-state index contributed by atoms with van der Waals surface area (Å²) in [5.74, 6) is -0.769. The van der Waals surface area contributed by atoms with E-state index in [1.54, 1.807) is 0 Å². The number of hydrogen-bond acceptors (Lipinski definition) is 2. The molecule has 0 saturated heterocycles. The Morgan fingerprint density at radius 2 is 2.22 bits per heavy atom. The van der Waals surface area contributed by atoms with Gasteiger partial charge in [0.2, 0.25) is 0 Å². The number of hydrogen-bond donors (Lipinski definition) is 2. The minimum atomic E-state index is -0.530. The van der Waals surface area contributed by atoms with Gasteiger partial charge < -0.3 is 11.1 Å². The maximum Gasteiger partial charge on any atom is 0.252 e. The molecule has 0 aliphatic carbocycles. The molecule has 3 nitrogen and oxygen atoms in total. The van der Waals surface area contributed by atoms with Crippen molar-refractivity contribution in [2.45, 2.75) is 39.2 Å². The largest absolute Gasteiger partial charge is 0.396 e. The van der Waals surface area contributed by atoms with Crippen LogP contribution in [-0.2, 0) is 0 Å². The fourth-order valence-corrected chi connectivity index (χ4v) is 2.12.